The topological polar surface area (TPSA) is 17.1 Å². The fraction of sp³-hybridized carbons (Fsp3) is 0.720. The Bertz CT molecular complexity index is 598. The highest BCUT2D eigenvalue weighted by atomic mass is 16.1. The molecule has 0 saturated carbocycles. The van der Waals surface area contributed by atoms with Gasteiger partial charge in [0.25, 0.3) is 0 Å². The van der Waals surface area contributed by atoms with Gasteiger partial charge in [0, 0.05) is 10.8 Å². The average molecular weight is 359 g/mol. The highest BCUT2D eigenvalue weighted by Gasteiger charge is 2.48. The van der Waals surface area contributed by atoms with Crippen molar-refractivity contribution in [2.24, 2.45) is 22.7 Å². The minimum Gasteiger partial charge on any atom is -0.298 e. The molecule has 1 rings (SSSR count). The van der Waals surface area contributed by atoms with Crippen LogP contribution >= 0.6 is 0 Å². The molecule has 1 heteroatoms. The first-order valence-electron chi connectivity index (χ1n) is 10.3. The maximum Gasteiger partial charge on any atom is 0.148 e. The first kappa shape index (κ1) is 22.9. The predicted molar refractivity (Wildman–Crippen MR) is 115 cm³/mol. The Morgan fingerprint density at radius 1 is 0.846 bits per heavy atom. The lowest BCUT2D eigenvalue weighted by molar-refractivity contribution is -0.139. The normalized spacial score (nSPS) is 16.7. The summed E-state index contributed by atoms with van der Waals surface area (Å²) in [6, 6.07) is 8.68. The molecule has 0 fully saturated rings. The maximum absolute atomic E-state index is 13.9. The Morgan fingerprint density at radius 3 is 1.65 bits per heavy atom. The highest BCUT2D eigenvalue weighted by molar-refractivity contribution is 5.94. The van der Waals surface area contributed by atoms with Crippen LogP contribution < -0.4 is 0 Å². The Kier molecular flexibility index (Phi) is 6.94. The second-order valence-electron chi connectivity index (χ2n) is 10.9. The minimum atomic E-state index is -0.487. The summed E-state index contributed by atoms with van der Waals surface area (Å²) < 4.78 is 0. The number of hydrogen-bond acceptors (Lipinski definition) is 1. The summed E-state index contributed by atoms with van der Waals surface area (Å²) >= 11 is 0. The third-order valence-corrected chi connectivity index (χ3v) is 6.29. The zero-order valence-corrected chi connectivity index (χ0v) is 19.2. The molecule has 0 aliphatic carbocycles. The van der Waals surface area contributed by atoms with E-state index in [4.69, 9.17) is 0 Å². The van der Waals surface area contributed by atoms with E-state index in [1.54, 1.807) is 0 Å². The van der Waals surface area contributed by atoms with Gasteiger partial charge in [0.2, 0.25) is 0 Å². The maximum atomic E-state index is 13.9. The van der Waals surface area contributed by atoms with E-state index in [1.807, 2.05) is 0 Å². The van der Waals surface area contributed by atoms with E-state index in [9.17, 15) is 4.79 Å². The summed E-state index contributed by atoms with van der Waals surface area (Å²) in [5.74, 6) is 1.70. The van der Waals surface area contributed by atoms with Crippen LogP contribution in [0.1, 0.15) is 99.6 Å². The standard InChI is InChI=1S/C25H42O/c1-17(2)19(5)25(11,16-23(6,7)8)22(26)24(9,10)21-14-12-20(13-15-21)18(3)4/h12-15,17-19H,16H2,1-11H3. The van der Waals surface area contributed by atoms with E-state index in [1.165, 1.54) is 5.56 Å². The van der Waals surface area contributed by atoms with Crippen LogP contribution in [-0.2, 0) is 10.2 Å². The second kappa shape index (κ2) is 7.87. The van der Waals surface area contributed by atoms with Crippen molar-refractivity contribution in [3.05, 3.63) is 35.4 Å². The lowest BCUT2D eigenvalue weighted by Gasteiger charge is -2.45. The van der Waals surface area contributed by atoms with E-state index in [0.717, 1.165) is 12.0 Å². The molecule has 2 atom stereocenters. The molecular weight excluding hydrogens is 316 g/mol. The fourth-order valence-electron chi connectivity index (χ4n) is 4.42. The molecule has 0 amide bonds. The molecule has 0 saturated heterocycles. The van der Waals surface area contributed by atoms with Crippen molar-refractivity contribution in [2.45, 2.75) is 93.9 Å². The van der Waals surface area contributed by atoms with Crippen molar-refractivity contribution in [2.75, 3.05) is 0 Å². The van der Waals surface area contributed by atoms with Gasteiger partial charge in [-0.15, -0.1) is 0 Å². The van der Waals surface area contributed by atoms with E-state index >= 15 is 0 Å². The summed E-state index contributed by atoms with van der Waals surface area (Å²) in [7, 11) is 0. The molecule has 0 N–H and O–H groups in total. The summed E-state index contributed by atoms with van der Waals surface area (Å²) in [5.41, 5.74) is 1.74. The third-order valence-electron chi connectivity index (χ3n) is 6.29. The quantitative estimate of drug-likeness (QED) is 0.496. The molecule has 0 aliphatic heterocycles. The fourth-order valence-corrected chi connectivity index (χ4v) is 4.42. The van der Waals surface area contributed by atoms with E-state index in [2.05, 4.69) is 100 Å². The molecule has 26 heavy (non-hydrogen) atoms. The van der Waals surface area contributed by atoms with E-state index in [0.29, 0.717) is 23.5 Å². The monoisotopic (exact) mass is 358 g/mol. The predicted octanol–water partition coefficient (Wildman–Crippen LogP) is 7.39. The molecule has 0 radical (unpaired) electrons. The van der Waals surface area contributed by atoms with Crippen LogP contribution in [0.3, 0.4) is 0 Å². The van der Waals surface area contributed by atoms with Crippen LogP contribution in [0.5, 0.6) is 0 Å². The largest absolute Gasteiger partial charge is 0.298 e. The number of hydrogen-bond donors (Lipinski definition) is 0. The number of carbonyl (C=O) groups is 1. The van der Waals surface area contributed by atoms with Crippen LogP contribution in [0.4, 0.5) is 0 Å². The zero-order valence-electron chi connectivity index (χ0n) is 19.2. The summed E-state index contributed by atoms with van der Waals surface area (Å²) in [5, 5.41) is 0. The van der Waals surface area contributed by atoms with Crippen molar-refractivity contribution in [3.63, 3.8) is 0 Å². The van der Waals surface area contributed by atoms with Gasteiger partial charge in [-0.05, 0) is 54.6 Å². The van der Waals surface area contributed by atoms with Gasteiger partial charge in [0.1, 0.15) is 5.78 Å². The molecular formula is C25H42O. The Morgan fingerprint density at radius 2 is 1.31 bits per heavy atom. The lowest BCUT2D eigenvalue weighted by Crippen LogP contribution is -2.48. The smallest absolute Gasteiger partial charge is 0.148 e. The molecule has 0 aromatic heterocycles. The molecule has 0 aliphatic rings. The van der Waals surface area contributed by atoms with Gasteiger partial charge in [-0.25, -0.2) is 0 Å². The van der Waals surface area contributed by atoms with Crippen molar-refractivity contribution in [1.29, 1.82) is 0 Å². The van der Waals surface area contributed by atoms with Gasteiger partial charge in [0.05, 0.1) is 0 Å². The molecule has 2 unspecified atom stereocenters. The highest BCUT2D eigenvalue weighted by Crippen LogP contribution is 2.47. The van der Waals surface area contributed by atoms with Crippen molar-refractivity contribution in [1.82, 2.24) is 0 Å². The van der Waals surface area contributed by atoms with Crippen molar-refractivity contribution >= 4 is 5.78 Å². The molecule has 0 bridgehead atoms. The van der Waals surface area contributed by atoms with Crippen LogP contribution in [0.2, 0.25) is 0 Å². The Balaban J connectivity index is 3.35. The first-order valence-corrected chi connectivity index (χ1v) is 10.3. The SMILES string of the molecule is CC(C)c1ccc(C(C)(C)C(=O)C(C)(CC(C)(C)C)C(C)C(C)C)cc1. The van der Waals surface area contributed by atoms with Crippen LogP contribution in [-0.4, -0.2) is 5.78 Å². The van der Waals surface area contributed by atoms with E-state index < -0.39 is 5.41 Å². The van der Waals surface area contributed by atoms with Gasteiger partial charge in [-0.3, -0.25) is 4.79 Å². The molecule has 1 aromatic rings. The Hall–Kier alpha value is -1.11. The minimum absolute atomic E-state index is 0.116. The van der Waals surface area contributed by atoms with Gasteiger partial charge >= 0.3 is 0 Å². The number of benzene rings is 1. The number of carbonyl (C=O) groups excluding carboxylic acids is 1. The summed E-state index contributed by atoms with van der Waals surface area (Å²) in [4.78, 5) is 13.9. The molecule has 1 nitrogen and oxygen atoms in total. The molecule has 0 spiro atoms. The summed E-state index contributed by atoms with van der Waals surface area (Å²) in [6.45, 7) is 24.3. The third kappa shape index (κ3) is 4.99. The van der Waals surface area contributed by atoms with Gasteiger partial charge < -0.3 is 0 Å². The van der Waals surface area contributed by atoms with Gasteiger partial charge in [-0.2, -0.15) is 0 Å². The number of Topliss-reactive ketones (excluding diaryl/α,β-unsaturated/α-hetero) is 1. The van der Waals surface area contributed by atoms with Crippen LogP contribution in [0.25, 0.3) is 0 Å². The summed E-state index contributed by atoms with van der Waals surface area (Å²) in [6.07, 6.45) is 0.908. The van der Waals surface area contributed by atoms with Crippen molar-refractivity contribution < 1.29 is 4.79 Å². The average Bonchev–Trinajstić information content (AvgIpc) is 2.51. The van der Waals surface area contributed by atoms with Crippen molar-refractivity contribution in [3.8, 4) is 0 Å². The first-order chi connectivity index (χ1) is 11.6. The number of rotatable bonds is 7. The van der Waals surface area contributed by atoms with Gasteiger partial charge in [-0.1, -0.05) is 86.6 Å². The zero-order chi connectivity index (χ0) is 20.5. The van der Waals surface area contributed by atoms with E-state index in [-0.39, 0.29) is 10.8 Å². The number of ketones is 1. The van der Waals surface area contributed by atoms with Crippen LogP contribution in [0.15, 0.2) is 24.3 Å². The van der Waals surface area contributed by atoms with Gasteiger partial charge in [0.15, 0.2) is 0 Å². The molecule has 1 aromatic carbocycles. The molecule has 0 heterocycles. The Labute approximate surface area is 163 Å². The molecule has 148 valence electrons. The lowest BCUT2D eigenvalue weighted by atomic mass is 9.57. The second-order valence-corrected chi connectivity index (χ2v) is 10.9. The van der Waals surface area contributed by atoms with Crippen LogP contribution in [0, 0.1) is 22.7 Å².